The Bertz CT molecular complexity index is 564. The number of nitrogens with two attached hydrogens (primary N) is 1. The van der Waals surface area contributed by atoms with E-state index >= 15 is 0 Å². The molecule has 1 aromatic carbocycles. The predicted molar refractivity (Wildman–Crippen MR) is 59.5 cm³/mol. The zero-order valence-corrected chi connectivity index (χ0v) is 8.97. The van der Waals surface area contributed by atoms with Gasteiger partial charge in [0.2, 0.25) is 0 Å². The fraction of sp³-hybridized carbons (Fsp3) is 0.300. The summed E-state index contributed by atoms with van der Waals surface area (Å²) >= 11 is 0. The summed E-state index contributed by atoms with van der Waals surface area (Å²) in [4.78, 5) is 11.2. The molecular formula is C10H12N4O3. The first kappa shape index (κ1) is 11.5. The number of carboxylic acids is 1. The number of carbonyl (C=O) groups is 1. The van der Waals surface area contributed by atoms with Crippen LogP contribution in [0.5, 0.6) is 0 Å². The van der Waals surface area contributed by atoms with Crippen LogP contribution in [-0.4, -0.2) is 38.2 Å². The molecule has 7 nitrogen and oxygen atoms in total. The number of H-pyrrole nitrogens is 1. The molecule has 5 N–H and O–H groups in total. The lowest BCUT2D eigenvalue weighted by molar-refractivity contribution is 0.0697. The summed E-state index contributed by atoms with van der Waals surface area (Å²) in [6, 6.07) is 1.72. The average molecular weight is 236 g/mol. The summed E-state index contributed by atoms with van der Waals surface area (Å²) in [5, 5.41) is 28.1. The summed E-state index contributed by atoms with van der Waals surface area (Å²) in [7, 11) is 0. The number of nitrogens with zero attached hydrogens (tertiary/aromatic N) is 2. The van der Waals surface area contributed by atoms with Crippen LogP contribution in [0.4, 0.5) is 0 Å². The summed E-state index contributed by atoms with van der Waals surface area (Å²) < 4.78 is 0. The van der Waals surface area contributed by atoms with Crippen molar-refractivity contribution in [3.8, 4) is 0 Å². The molecule has 1 heterocycles. The van der Waals surface area contributed by atoms with Gasteiger partial charge < -0.3 is 15.9 Å². The second kappa shape index (κ2) is 4.48. The number of aromatic amines is 1. The van der Waals surface area contributed by atoms with Crippen LogP contribution in [0, 0.1) is 0 Å². The minimum Gasteiger partial charge on any atom is -0.478 e. The Labute approximate surface area is 96.2 Å². The number of benzene rings is 1. The Morgan fingerprint density at radius 3 is 2.88 bits per heavy atom. The lowest BCUT2D eigenvalue weighted by Gasteiger charge is -2.10. The molecule has 0 bridgehead atoms. The molecule has 7 heteroatoms. The van der Waals surface area contributed by atoms with Gasteiger partial charge in [-0.2, -0.15) is 0 Å². The highest BCUT2D eigenvalue weighted by Gasteiger charge is 2.19. The van der Waals surface area contributed by atoms with Gasteiger partial charge in [0.1, 0.15) is 5.52 Å². The lowest BCUT2D eigenvalue weighted by Crippen LogP contribution is -2.12. The number of carboxylic acid groups (broad SMARTS) is 1. The number of hydrogen-bond donors (Lipinski definition) is 4. The van der Waals surface area contributed by atoms with E-state index in [9.17, 15) is 9.90 Å². The predicted octanol–water partition coefficient (Wildman–Crippen LogP) is -0.350. The second-order valence-corrected chi connectivity index (χ2v) is 3.58. The molecule has 0 aliphatic rings. The Balaban J connectivity index is 2.78. The van der Waals surface area contributed by atoms with Crippen molar-refractivity contribution in [2.24, 2.45) is 5.73 Å². The molecule has 0 atom stereocenters. The summed E-state index contributed by atoms with van der Waals surface area (Å²) in [5.74, 6) is -1.09. The number of rotatable bonds is 4. The van der Waals surface area contributed by atoms with Gasteiger partial charge in [-0.05, 0) is 23.6 Å². The molecule has 2 rings (SSSR count). The molecule has 90 valence electrons. The first-order valence-corrected chi connectivity index (χ1v) is 5.08. The largest absolute Gasteiger partial charge is 0.478 e. The lowest BCUT2D eigenvalue weighted by atomic mass is 9.97. The van der Waals surface area contributed by atoms with Crippen LogP contribution in [0.2, 0.25) is 0 Å². The third kappa shape index (κ3) is 1.85. The van der Waals surface area contributed by atoms with E-state index in [0.717, 1.165) is 0 Å². The van der Waals surface area contributed by atoms with Gasteiger partial charge in [0.05, 0.1) is 11.1 Å². The molecule has 0 fully saturated rings. The van der Waals surface area contributed by atoms with Crippen molar-refractivity contribution in [2.45, 2.75) is 13.0 Å². The SMILES string of the molecule is NCc1c(CCO)cc2[nH]nnc2c1C(=O)O. The number of aliphatic hydroxyl groups is 1. The molecule has 0 aliphatic carbocycles. The first-order valence-electron chi connectivity index (χ1n) is 5.08. The van der Waals surface area contributed by atoms with E-state index < -0.39 is 5.97 Å². The number of hydrogen-bond acceptors (Lipinski definition) is 5. The van der Waals surface area contributed by atoms with E-state index in [-0.39, 0.29) is 18.7 Å². The van der Waals surface area contributed by atoms with E-state index in [0.29, 0.717) is 28.6 Å². The zero-order valence-electron chi connectivity index (χ0n) is 8.97. The van der Waals surface area contributed by atoms with Crippen LogP contribution in [-0.2, 0) is 13.0 Å². The molecular weight excluding hydrogens is 224 g/mol. The van der Waals surface area contributed by atoms with Crippen LogP contribution >= 0.6 is 0 Å². The molecule has 0 saturated heterocycles. The third-order valence-electron chi connectivity index (χ3n) is 2.62. The second-order valence-electron chi connectivity index (χ2n) is 3.58. The quantitative estimate of drug-likeness (QED) is 0.575. The van der Waals surface area contributed by atoms with Crippen molar-refractivity contribution >= 4 is 17.0 Å². The highest BCUT2D eigenvalue weighted by Crippen LogP contribution is 2.23. The van der Waals surface area contributed by atoms with Gasteiger partial charge in [-0.15, -0.1) is 5.10 Å². The Kier molecular flexibility index (Phi) is 3.03. The van der Waals surface area contributed by atoms with Gasteiger partial charge in [-0.1, -0.05) is 5.21 Å². The fourth-order valence-corrected chi connectivity index (χ4v) is 1.89. The summed E-state index contributed by atoms with van der Waals surface area (Å²) in [5.41, 5.74) is 7.65. The summed E-state index contributed by atoms with van der Waals surface area (Å²) in [6.07, 6.45) is 0.349. The van der Waals surface area contributed by atoms with Gasteiger partial charge in [0.25, 0.3) is 0 Å². The van der Waals surface area contributed by atoms with E-state index in [1.54, 1.807) is 6.07 Å². The summed E-state index contributed by atoms with van der Waals surface area (Å²) in [6.45, 7) is 0.0128. The minimum atomic E-state index is -1.09. The van der Waals surface area contributed by atoms with Crippen molar-refractivity contribution < 1.29 is 15.0 Å². The maximum Gasteiger partial charge on any atom is 0.338 e. The van der Waals surface area contributed by atoms with Crippen LogP contribution in [0.25, 0.3) is 11.0 Å². The van der Waals surface area contributed by atoms with E-state index in [4.69, 9.17) is 10.8 Å². The maximum absolute atomic E-state index is 11.2. The molecule has 0 amide bonds. The van der Waals surface area contributed by atoms with Gasteiger partial charge in [0, 0.05) is 13.2 Å². The number of aromatic nitrogens is 3. The van der Waals surface area contributed by atoms with E-state index in [1.807, 2.05) is 0 Å². The molecule has 1 aromatic heterocycles. The van der Waals surface area contributed by atoms with Crippen molar-refractivity contribution in [3.63, 3.8) is 0 Å². The van der Waals surface area contributed by atoms with Gasteiger partial charge in [0.15, 0.2) is 0 Å². The molecule has 2 aromatic rings. The molecule has 0 radical (unpaired) electrons. The van der Waals surface area contributed by atoms with E-state index in [1.165, 1.54) is 0 Å². The van der Waals surface area contributed by atoms with Crippen molar-refractivity contribution in [1.82, 2.24) is 15.4 Å². The van der Waals surface area contributed by atoms with Gasteiger partial charge >= 0.3 is 5.97 Å². The number of fused-ring (bicyclic) bond motifs is 1. The normalized spacial score (nSPS) is 10.9. The van der Waals surface area contributed by atoms with Gasteiger partial charge in [-0.3, -0.25) is 5.10 Å². The highest BCUT2D eigenvalue weighted by molar-refractivity contribution is 6.02. The van der Waals surface area contributed by atoms with Gasteiger partial charge in [-0.25, -0.2) is 4.79 Å². The molecule has 0 aliphatic heterocycles. The molecule has 17 heavy (non-hydrogen) atoms. The van der Waals surface area contributed by atoms with Crippen molar-refractivity contribution in [1.29, 1.82) is 0 Å². The molecule has 0 spiro atoms. The Hall–Kier alpha value is -1.99. The van der Waals surface area contributed by atoms with Crippen molar-refractivity contribution in [2.75, 3.05) is 6.61 Å². The highest BCUT2D eigenvalue weighted by atomic mass is 16.4. The first-order chi connectivity index (χ1) is 8.19. The van der Waals surface area contributed by atoms with Crippen LogP contribution in [0.15, 0.2) is 6.07 Å². The Morgan fingerprint density at radius 1 is 1.53 bits per heavy atom. The smallest absolute Gasteiger partial charge is 0.338 e. The monoisotopic (exact) mass is 236 g/mol. The molecule has 0 unspecified atom stereocenters. The van der Waals surface area contributed by atoms with E-state index in [2.05, 4.69) is 15.4 Å². The minimum absolute atomic E-state index is 0.0576. The standard InChI is InChI=1S/C10H12N4O3/c11-4-6-5(1-2-15)3-7-9(13-14-12-7)8(6)10(16)17/h3,15H,1-2,4,11H2,(H,16,17)(H,12,13,14). The van der Waals surface area contributed by atoms with Crippen molar-refractivity contribution in [3.05, 3.63) is 22.8 Å². The Morgan fingerprint density at radius 2 is 2.29 bits per heavy atom. The third-order valence-corrected chi connectivity index (χ3v) is 2.62. The number of aromatic carboxylic acids is 1. The van der Waals surface area contributed by atoms with Crippen LogP contribution < -0.4 is 5.73 Å². The maximum atomic E-state index is 11.2. The zero-order chi connectivity index (χ0) is 12.4. The number of aliphatic hydroxyl groups excluding tert-OH is 1. The van der Waals surface area contributed by atoms with Crippen LogP contribution in [0.1, 0.15) is 21.5 Å². The molecule has 0 saturated carbocycles. The fourth-order valence-electron chi connectivity index (χ4n) is 1.89. The number of nitrogens with one attached hydrogen (secondary N) is 1. The topological polar surface area (TPSA) is 125 Å². The average Bonchev–Trinajstić information content (AvgIpc) is 2.74. The van der Waals surface area contributed by atoms with Crippen LogP contribution in [0.3, 0.4) is 0 Å².